The van der Waals surface area contributed by atoms with Gasteiger partial charge < -0.3 is 4.89 Å². The van der Waals surface area contributed by atoms with Gasteiger partial charge in [0.1, 0.15) is 0 Å². The molecule has 0 aromatic carbocycles. The van der Waals surface area contributed by atoms with E-state index in [2.05, 4.69) is 13.8 Å². The molecular weight excluding hydrogens is 375 g/mol. The third-order valence-electron chi connectivity index (χ3n) is 3.22. The molecule has 0 aromatic rings. The second-order valence-corrected chi connectivity index (χ2v) is 7.71. The molecule has 0 saturated heterocycles. The van der Waals surface area contributed by atoms with E-state index in [1.165, 1.54) is 38.5 Å². The monoisotopic (exact) mass is 404 g/mol. The number of rotatable bonds is 12. The molecule has 0 atom stereocenters. The van der Waals surface area contributed by atoms with Gasteiger partial charge in [0.25, 0.3) is 0 Å². The van der Waals surface area contributed by atoms with E-state index in [1.807, 2.05) is 0 Å². The van der Waals surface area contributed by atoms with Crippen LogP contribution < -0.4 is 0 Å². The molecule has 0 radical (unpaired) electrons. The first-order chi connectivity index (χ1) is 8.12. The van der Waals surface area contributed by atoms with Crippen LogP contribution in [0, 0.1) is 40.8 Å². The van der Waals surface area contributed by atoms with E-state index in [1.54, 1.807) is 0 Å². The van der Waals surface area contributed by atoms with Crippen molar-refractivity contribution in [2.75, 3.05) is 12.3 Å². The van der Waals surface area contributed by atoms with Gasteiger partial charge in [-0.15, -0.1) is 0 Å². The predicted octanol–water partition coefficient (Wildman–Crippen LogP) is 5.20. The Hall–Kier alpha value is 1.54. The molecule has 0 aromatic heterocycles. The van der Waals surface area contributed by atoms with E-state index in [0.29, 0.717) is 12.3 Å². The molecule has 0 saturated carbocycles. The van der Waals surface area contributed by atoms with E-state index in [4.69, 9.17) is 0 Å². The van der Waals surface area contributed by atoms with Crippen molar-refractivity contribution < 1.29 is 50.3 Å². The quantitative estimate of drug-likeness (QED) is 0.357. The number of unbranched alkanes of at least 4 members (excludes halogenated alkanes) is 8. The average molecular weight is 407 g/mol. The maximum absolute atomic E-state index is 11.8. The maximum Gasteiger partial charge on any atom is 0.200 e. The van der Waals surface area contributed by atoms with Gasteiger partial charge >= 0.3 is 0 Å². The van der Waals surface area contributed by atoms with Gasteiger partial charge in [-0.3, -0.25) is 4.57 Å². The normalized spacial score (nSPS) is 11.3. The van der Waals surface area contributed by atoms with Crippen molar-refractivity contribution in [3.05, 3.63) is 0 Å². The van der Waals surface area contributed by atoms with Crippen molar-refractivity contribution in [1.82, 2.24) is 0 Å². The van der Waals surface area contributed by atoms with Crippen molar-refractivity contribution in [2.45, 2.75) is 78.1 Å². The summed E-state index contributed by atoms with van der Waals surface area (Å²) in [5.41, 5.74) is 0. The Kier molecular flexibility index (Phi) is 18.1. The van der Waals surface area contributed by atoms with Crippen LogP contribution in [0.2, 0.25) is 0 Å². The van der Waals surface area contributed by atoms with Crippen molar-refractivity contribution in [3.63, 3.8) is 0 Å². The summed E-state index contributed by atoms with van der Waals surface area (Å²) >= 11 is 0. The summed E-state index contributed by atoms with van der Waals surface area (Å²) in [5.74, 6) is 0. The van der Waals surface area contributed by atoms with Crippen molar-refractivity contribution >= 4 is 7.37 Å². The van der Waals surface area contributed by atoms with Gasteiger partial charge in [-0.2, -0.15) is 0 Å². The molecule has 0 amide bonds. The third-order valence-corrected chi connectivity index (χ3v) is 5.25. The molecule has 1 N–H and O–H groups in total. The van der Waals surface area contributed by atoms with Crippen molar-refractivity contribution in [3.8, 4) is 0 Å². The van der Waals surface area contributed by atoms with Crippen LogP contribution in [-0.4, -0.2) is 17.2 Å². The van der Waals surface area contributed by atoms with Crippen LogP contribution in [0.3, 0.4) is 0 Å². The van der Waals surface area contributed by atoms with Gasteiger partial charge in [0, 0.05) is 53.2 Å². The number of hydrogen-bond donors (Lipinski definition) is 1. The van der Waals surface area contributed by atoms with Gasteiger partial charge in [0.2, 0.25) is 7.37 Å². The summed E-state index contributed by atoms with van der Waals surface area (Å²) < 4.78 is 11.8. The minimum Gasteiger partial charge on any atom is -0.344 e. The average Bonchev–Trinajstić information content (AvgIpc) is 2.28. The summed E-state index contributed by atoms with van der Waals surface area (Å²) in [6, 6.07) is 0. The Bertz CT molecular complexity index is 192. The zero-order chi connectivity index (χ0) is 13.0. The first-order valence-electron chi connectivity index (χ1n) is 7.43. The fraction of sp³-hybridized carbons (Fsp3) is 1.00. The van der Waals surface area contributed by atoms with Crippen LogP contribution in [0.4, 0.5) is 0 Å². The van der Waals surface area contributed by atoms with Crippen LogP contribution in [0.5, 0.6) is 0 Å². The Morgan fingerprint density at radius 2 is 1.06 bits per heavy atom. The fourth-order valence-electron chi connectivity index (χ4n) is 2.04. The van der Waals surface area contributed by atoms with Crippen molar-refractivity contribution in [1.29, 1.82) is 0 Å². The first-order valence-corrected chi connectivity index (χ1v) is 9.46. The molecule has 0 rings (SSSR count). The zero-order valence-electron chi connectivity index (χ0n) is 12.3. The van der Waals surface area contributed by atoms with Gasteiger partial charge in [-0.1, -0.05) is 65.2 Å². The summed E-state index contributed by atoms with van der Waals surface area (Å²) in [7, 11) is -2.79. The maximum atomic E-state index is 11.8. The molecule has 0 aliphatic heterocycles. The predicted molar refractivity (Wildman–Crippen MR) is 77.1 cm³/mol. The van der Waals surface area contributed by atoms with E-state index < -0.39 is 7.37 Å². The van der Waals surface area contributed by atoms with Crippen LogP contribution in [0.15, 0.2) is 0 Å². The summed E-state index contributed by atoms with van der Waals surface area (Å²) in [6.07, 6.45) is 12.6. The Morgan fingerprint density at radius 3 is 1.39 bits per heavy atom. The van der Waals surface area contributed by atoms with E-state index in [9.17, 15) is 9.46 Å². The molecule has 0 unspecified atom stereocenters. The van der Waals surface area contributed by atoms with Gasteiger partial charge in [0.05, 0.1) is 0 Å². The third kappa shape index (κ3) is 15.6. The van der Waals surface area contributed by atoms with Gasteiger partial charge in [0.15, 0.2) is 0 Å². The largest absolute Gasteiger partial charge is 0.344 e. The van der Waals surface area contributed by atoms with E-state index >= 15 is 0 Å². The molecule has 0 aliphatic carbocycles. The fourth-order valence-corrected chi connectivity index (χ4v) is 3.70. The van der Waals surface area contributed by atoms with E-state index in [0.717, 1.165) is 25.7 Å². The van der Waals surface area contributed by atoms with E-state index in [-0.39, 0.29) is 40.8 Å². The first kappa shape index (κ1) is 21.8. The minimum absolute atomic E-state index is 0. The van der Waals surface area contributed by atoms with Gasteiger partial charge in [-0.05, 0) is 12.8 Å². The Balaban J connectivity index is 0. The van der Waals surface area contributed by atoms with Crippen LogP contribution in [-0.2, 0) is 4.57 Å². The van der Waals surface area contributed by atoms with Crippen LogP contribution in [0.1, 0.15) is 78.1 Å². The molecule has 0 fully saturated rings. The molecule has 0 heterocycles. The molecule has 0 bridgehead atoms. The Labute approximate surface area is 147 Å². The van der Waals surface area contributed by atoms with Crippen LogP contribution >= 0.6 is 7.37 Å². The standard InChI is InChI=1S/C14H31O2P.Nd/c1-3-5-7-9-11-13-17(15,16)14-12-10-8-6-4-2;/h3-14H2,1-2H3,(H,15,16);. The molecule has 4 heteroatoms. The molecular formula is C14H31NdO2P. The van der Waals surface area contributed by atoms with Gasteiger partial charge in [-0.25, -0.2) is 0 Å². The second-order valence-electron chi connectivity index (χ2n) is 5.12. The zero-order valence-corrected chi connectivity index (χ0v) is 16.4. The SMILES string of the molecule is CCCCCCCP(=O)(O)CCCCCCC.[Nd]. The molecule has 0 spiro atoms. The molecule has 18 heavy (non-hydrogen) atoms. The second kappa shape index (κ2) is 14.9. The molecule has 0 aliphatic rings. The van der Waals surface area contributed by atoms with Crippen molar-refractivity contribution in [2.24, 2.45) is 0 Å². The number of hydrogen-bond acceptors (Lipinski definition) is 1. The summed E-state index contributed by atoms with van der Waals surface area (Å²) in [4.78, 5) is 9.78. The topological polar surface area (TPSA) is 37.3 Å². The smallest absolute Gasteiger partial charge is 0.200 e. The molecule has 2 nitrogen and oxygen atoms in total. The minimum atomic E-state index is -2.79. The van der Waals surface area contributed by atoms with Crippen LogP contribution in [0.25, 0.3) is 0 Å². The summed E-state index contributed by atoms with van der Waals surface area (Å²) in [6.45, 7) is 4.38. The summed E-state index contributed by atoms with van der Waals surface area (Å²) in [5, 5.41) is 0. The molecule has 108 valence electrons. The Morgan fingerprint density at radius 1 is 0.722 bits per heavy atom.